The van der Waals surface area contributed by atoms with Crippen molar-refractivity contribution < 1.29 is 0 Å². The van der Waals surface area contributed by atoms with Crippen LogP contribution >= 0.6 is 11.8 Å². The summed E-state index contributed by atoms with van der Waals surface area (Å²) in [5, 5.41) is 4.66. The molecule has 3 rings (SSSR count). The highest BCUT2D eigenvalue weighted by Gasteiger charge is 2.29. The van der Waals surface area contributed by atoms with Gasteiger partial charge in [0.15, 0.2) is 0 Å². The van der Waals surface area contributed by atoms with Crippen LogP contribution in [0.1, 0.15) is 19.8 Å². The number of hydrogen-bond donors (Lipinski definition) is 2. The van der Waals surface area contributed by atoms with E-state index in [0.717, 1.165) is 28.8 Å². The summed E-state index contributed by atoms with van der Waals surface area (Å²) in [6, 6.07) is 8.13. The number of rotatable bonds is 3. The molecule has 2 heterocycles. The number of nitrogens with zero attached hydrogens (tertiary/aromatic N) is 1. The van der Waals surface area contributed by atoms with Gasteiger partial charge in [0.1, 0.15) is 0 Å². The third-order valence-electron chi connectivity index (χ3n) is 3.74. The Morgan fingerprint density at radius 3 is 3.05 bits per heavy atom. The topological polar surface area (TPSA) is 50.9 Å². The van der Waals surface area contributed by atoms with E-state index < -0.39 is 0 Å². The number of nitrogens with two attached hydrogens (primary N) is 1. The minimum absolute atomic E-state index is 0.330. The average molecular weight is 273 g/mol. The standard InChI is InChI=1S/C15H19N3S/c1-15(7-4-8-19-15)10-18-14-11-5-2-3-6-13(11)17-9-12(14)16/h2-3,5-6,9H,4,7-8,10,16H2,1H3,(H,17,18). The average Bonchev–Trinajstić information content (AvgIpc) is 2.85. The number of aromatic nitrogens is 1. The van der Waals surface area contributed by atoms with Crippen molar-refractivity contribution in [1.29, 1.82) is 0 Å². The number of anilines is 2. The van der Waals surface area contributed by atoms with Gasteiger partial charge in [-0.05, 0) is 31.6 Å². The fourth-order valence-corrected chi connectivity index (χ4v) is 3.85. The van der Waals surface area contributed by atoms with Gasteiger partial charge < -0.3 is 11.1 Å². The summed E-state index contributed by atoms with van der Waals surface area (Å²) in [4.78, 5) is 4.37. The summed E-state index contributed by atoms with van der Waals surface area (Å²) in [5.74, 6) is 1.27. The van der Waals surface area contributed by atoms with E-state index in [-0.39, 0.29) is 0 Å². The number of thioether (sulfide) groups is 1. The first-order valence-corrected chi connectivity index (χ1v) is 7.68. The first-order valence-electron chi connectivity index (χ1n) is 6.69. The summed E-state index contributed by atoms with van der Waals surface area (Å²) < 4.78 is 0.330. The molecule has 3 N–H and O–H groups in total. The molecule has 4 heteroatoms. The lowest BCUT2D eigenvalue weighted by Crippen LogP contribution is -2.27. The van der Waals surface area contributed by atoms with E-state index in [9.17, 15) is 0 Å². The highest BCUT2D eigenvalue weighted by atomic mass is 32.2. The fourth-order valence-electron chi connectivity index (χ4n) is 2.61. The van der Waals surface area contributed by atoms with Crippen molar-refractivity contribution in [3.05, 3.63) is 30.5 Å². The van der Waals surface area contributed by atoms with Crippen molar-refractivity contribution in [3.63, 3.8) is 0 Å². The second-order valence-electron chi connectivity index (χ2n) is 5.36. The lowest BCUT2D eigenvalue weighted by Gasteiger charge is -2.24. The van der Waals surface area contributed by atoms with E-state index >= 15 is 0 Å². The largest absolute Gasteiger partial charge is 0.396 e. The van der Waals surface area contributed by atoms with Crippen molar-refractivity contribution >= 4 is 34.0 Å². The maximum Gasteiger partial charge on any atom is 0.0743 e. The Morgan fingerprint density at radius 2 is 2.26 bits per heavy atom. The zero-order valence-electron chi connectivity index (χ0n) is 11.1. The van der Waals surface area contributed by atoms with Crippen molar-refractivity contribution in [3.8, 4) is 0 Å². The second kappa shape index (κ2) is 4.93. The van der Waals surface area contributed by atoms with Crippen LogP contribution in [0.25, 0.3) is 10.9 Å². The van der Waals surface area contributed by atoms with Gasteiger partial charge in [0, 0.05) is 16.7 Å². The van der Waals surface area contributed by atoms with Crippen LogP contribution in [-0.4, -0.2) is 22.0 Å². The molecule has 1 unspecified atom stereocenters. The van der Waals surface area contributed by atoms with Crippen LogP contribution in [0.5, 0.6) is 0 Å². The van der Waals surface area contributed by atoms with E-state index in [1.165, 1.54) is 18.6 Å². The third-order valence-corrected chi connectivity index (χ3v) is 5.28. The maximum atomic E-state index is 6.08. The predicted molar refractivity (Wildman–Crippen MR) is 84.7 cm³/mol. The summed E-state index contributed by atoms with van der Waals surface area (Å²) in [5.41, 5.74) is 8.83. The van der Waals surface area contributed by atoms with Gasteiger partial charge in [-0.2, -0.15) is 11.8 Å². The Bertz CT molecular complexity index is 591. The van der Waals surface area contributed by atoms with Gasteiger partial charge in [-0.15, -0.1) is 0 Å². The molecule has 3 nitrogen and oxygen atoms in total. The third kappa shape index (κ3) is 2.50. The molecule has 1 saturated heterocycles. The van der Waals surface area contributed by atoms with Crippen molar-refractivity contribution in [1.82, 2.24) is 4.98 Å². The number of nitrogen functional groups attached to an aromatic ring is 1. The van der Waals surface area contributed by atoms with Crippen molar-refractivity contribution in [2.45, 2.75) is 24.5 Å². The fraction of sp³-hybridized carbons (Fsp3) is 0.400. The summed E-state index contributed by atoms with van der Waals surface area (Å²) in [6.07, 6.45) is 4.33. The highest BCUT2D eigenvalue weighted by molar-refractivity contribution is 8.00. The SMILES string of the molecule is CC1(CNc2c(N)cnc3ccccc23)CCCS1. The van der Waals surface area contributed by atoms with Crippen LogP contribution in [0.15, 0.2) is 30.5 Å². The second-order valence-corrected chi connectivity index (χ2v) is 7.04. The van der Waals surface area contributed by atoms with Gasteiger partial charge in [0.2, 0.25) is 0 Å². The molecule has 1 aromatic carbocycles. The van der Waals surface area contributed by atoms with Crippen molar-refractivity contribution in [2.75, 3.05) is 23.3 Å². The van der Waals surface area contributed by atoms with Gasteiger partial charge in [-0.25, -0.2) is 0 Å². The number of benzene rings is 1. The van der Waals surface area contributed by atoms with E-state index in [1.54, 1.807) is 6.20 Å². The number of para-hydroxylation sites is 1. The molecule has 1 atom stereocenters. The number of hydrogen-bond acceptors (Lipinski definition) is 4. The first-order chi connectivity index (χ1) is 9.18. The quantitative estimate of drug-likeness (QED) is 0.898. The van der Waals surface area contributed by atoms with Gasteiger partial charge in [-0.3, -0.25) is 4.98 Å². The molecular weight excluding hydrogens is 254 g/mol. The Balaban J connectivity index is 1.89. The molecule has 1 fully saturated rings. The molecule has 19 heavy (non-hydrogen) atoms. The molecule has 0 saturated carbocycles. The molecule has 100 valence electrons. The van der Waals surface area contributed by atoms with Gasteiger partial charge in [-0.1, -0.05) is 18.2 Å². The molecule has 0 radical (unpaired) electrons. The molecule has 1 aromatic heterocycles. The zero-order valence-corrected chi connectivity index (χ0v) is 12.0. The minimum Gasteiger partial charge on any atom is -0.396 e. The molecule has 1 aliphatic heterocycles. The Labute approximate surface area is 118 Å². The van der Waals surface area contributed by atoms with E-state index in [0.29, 0.717) is 4.75 Å². The lowest BCUT2D eigenvalue weighted by atomic mass is 10.1. The predicted octanol–water partition coefficient (Wildman–Crippen LogP) is 3.51. The zero-order chi connectivity index (χ0) is 13.3. The van der Waals surface area contributed by atoms with E-state index in [4.69, 9.17) is 5.73 Å². The molecule has 2 aromatic rings. The monoisotopic (exact) mass is 273 g/mol. The van der Waals surface area contributed by atoms with Gasteiger partial charge in [0.25, 0.3) is 0 Å². The molecule has 1 aliphatic rings. The van der Waals surface area contributed by atoms with Crippen LogP contribution in [0.4, 0.5) is 11.4 Å². The maximum absolute atomic E-state index is 6.08. The van der Waals surface area contributed by atoms with Crippen LogP contribution in [-0.2, 0) is 0 Å². The van der Waals surface area contributed by atoms with Crippen LogP contribution in [0.3, 0.4) is 0 Å². The normalized spacial score (nSPS) is 22.8. The number of pyridine rings is 1. The lowest BCUT2D eigenvalue weighted by molar-refractivity contribution is 0.635. The first kappa shape index (κ1) is 12.6. The van der Waals surface area contributed by atoms with E-state index in [2.05, 4.69) is 35.1 Å². The van der Waals surface area contributed by atoms with Gasteiger partial charge >= 0.3 is 0 Å². The molecule has 0 bridgehead atoms. The van der Waals surface area contributed by atoms with Gasteiger partial charge in [0.05, 0.1) is 23.1 Å². The van der Waals surface area contributed by atoms with Crippen LogP contribution in [0, 0.1) is 0 Å². The van der Waals surface area contributed by atoms with E-state index in [1.807, 2.05) is 18.2 Å². The summed E-state index contributed by atoms with van der Waals surface area (Å²) >= 11 is 2.06. The Morgan fingerprint density at radius 1 is 1.42 bits per heavy atom. The minimum atomic E-state index is 0.330. The van der Waals surface area contributed by atoms with Crippen molar-refractivity contribution in [2.24, 2.45) is 0 Å². The number of nitrogens with one attached hydrogen (secondary N) is 1. The number of fused-ring (bicyclic) bond motifs is 1. The molecule has 0 aliphatic carbocycles. The smallest absolute Gasteiger partial charge is 0.0743 e. The highest BCUT2D eigenvalue weighted by Crippen LogP contribution is 2.38. The molecule has 0 amide bonds. The summed E-state index contributed by atoms with van der Waals surface area (Å²) in [7, 11) is 0. The Kier molecular flexibility index (Phi) is 3.27. The van der Waals surface area contributed by atoms with Crippen LogP contribution < -0.4 is 11.1 Å². The summed E-state index contributed by atoms with van der Waals surface area (Å²) in [6.45, 7) is 3.28. The molecular formula is C15H19N3S. The Hall–Kier alpha value is -1.42. The van der Waals surface area contributed by atoms with Crippen LogP contribution in [0.2, 0.25) is 0 Å². The molecule has 0 spiro atoms.